The Labute approximate surface area is 146 Å². The fraction of sp³-hybridized carbons (Fsp3) is 0.100. The zero-order chi connectivity index (χ0) is 17.6. The maximum atomic E-state index is 12.2. The van der Waals surface area contributed by atoms with Crippen LogP contribution < -0.4 is 16.0 Å². The topological polar surface area (TPSA) is 70.2 Å². The van der Waals surface area contributed by atoms with Crippen molar-refractivity contribution in [1.82, 2.24) is 5.32 Å². The number of anilines is 2. The largest absolute Gasteiger partial charge is 0.376 e. The Morgan fingerprint density at radius 2 is 1.60 bits per heavy atom. The van der Waals surface area contributed by atoms with Crippen LogP contribution in [0.2, 0.25) is 0 Å². The lowest BCUT2D eigenvalue weighted by atomic mass is 10.1. The van der Waals surface area contributed by atoms with Crippen molar-refractivity contribution in [3.05, 3.63) is 72.3 Å². The lowest BCUT2D eigenvalue weighted by Crippen LogP contribution is -2.22. The fourth-order valence-corrected chi connectivity index (χ4v) is 2.59. The molecule has 2 amide bonds. The lowest BCUT2D eigenvalue weighted by Gasteiger charge is -2.10. The minimum absolute atomic E-state index is 0.133. The molecular weight excluding hydrogens is 314 g/mol. The van der Waals surface area contributed by atoms with Crippen LogP contribution in [0, 0.1) is 0 Å². The van der Waals surface area contributed by atoms with E-state index in [-0.39, 0.29) is 18.4 Å². The highest BCUT2D eigenvalue weighted by molar-refractivity contribution is 6.03. The van der Waals surface area contributed by atoms with Crippen LogP contribution in [0.25, 0.3) is 10.8 Å². The molecule has 3 aromatic carbocycles. The molecule has 0 aromatic heterocycles. The van der Waals surface area contributed by atoms with E-state index in [1.165, 1.54) is 0 Å². The quantitative estimate of drug-likeness (QED) is 0.671. The van der Waals surface area contributed by atoms with Gasteiger partial charge in [0.2, 0.25) is 5.91 Å². The molecule has 126 valence electrons. The summed E-state index contributed by atoms with van der Waals surface area (Å²) in [6.45, 7) is 0.141. The Kier molecular flexibility index (Phi) is 4.95. The SMILES string of the molecule is CNC(=O)c1ccc(NCC(=O)Nc2cccc3ccccc23)cc1. The molecule has 5 nitrogen and oxygen atoms in total. The van der Waals surface area contributed by atoms with Crippen LogP contribution in [0.4, 0.5) is 11.4 Å². The molecule has 0 bridgehead atoms. The summed E-state index contributed by atoms with van der Waals surface area (Å²) < 4.78 is 0. The predicted molar refractivity (Wildman–Crippen MR) is 101 cm³/mol. The van der Waals surface area contributed by atoms with E-state index in [1.807, 2.05) is 42.5 Å². The van der Waals surface area contributed by atoms with Gasteiger partial charge in [0.1, 0.15) is 0 Å². The summed E-state index contributed by atoms with van der Waals surface area (Å²) >= 11 is 0. The van der Waals surface area contributed by atoms with Gasteiger partial charge in [0, 0.05) is 29.4 Å². The molecule has 0 aliphatic rings. The normalized spacial score (nSPS) is 10.3. The molecule has 3 rings (SSSR count). The second-order valence-electron chi connectivity index (χ2n) is 5.58. The Balaban J connectivity index is 1.62. The number of fused-ring (bicyclic) bond motifs is 1. The molecule has 0 aliphatic carbocycles. The second-order valence-corrected chi connectivity index (χ2v) is 5.58. The average Bonchev–Trinajstić information content (AvgIpc) is 2.66. The van der Waals surface area contributed by atoms with Crippen molar-refractivity contribution in [3.8, 4) is 0 Å². The maximum Gasteiger partial charge on any atom is 0.251 e. The molecule has 5 heteroatoms. The summed E-state index contributed by atoms with van der Waals surface area (Å²) in [5.74, 6) is -0.271. The smallest absolute Gasteiger partial charge is 0.251 e. The van der Waals surface area contributed by atoms with Crippen molar-refractivity contribution in [2.75, 3.05) is 24.2 Å². The van der Waals surface area contributed by atoms with Gasteiger partial charge in [-0.2, -0.15) is 0 Å². The van der Waals surface area contributed by atoms with Crippen molar-refractivity contribution >= 4 is 34.0 Å². The van der Waals surface area contributed by atoms with E-state index in [4.69, 9.17) is 0 Å². The first kappa shape index (κ1) is 16.5. The van der Waals surface area contributed by atoms with E-state index in [0.29, 0.717) is 5.56 Å². The minimum atomic E-state index is -0.139. The lowest BCUT2D eigenvalue weighted by molar-refractivity contribution is -0.114. The summed E-state index contributed by atoms with van der Waals surface area (Å²) in [4.78, 5) is 23.7. The van der Waals surface area contributed by atoms with Gasteiger partial charge in [0.25, 0.3) is 5.91 Å². The third-order valence-corrected chi connectivity index (χ3v) is 3.89. The molecule has 0 atom stereocenters. The summed E-state index contributed by atoms with van der Waals surface area (Å²) in [5, 5.41) is 10.6. The van der Waals surface area contributed by atoms with Crippen LogP contribution in [0.15, 0.2) is 66.7 Å². The van der Waals surface area contributed by atoms with E-state index in [9.17, 15) is 9.59 Å². The highest BCUT2D eigenvalue weighted by Crippen LogP contribution is 2.22. The number of amides is 2. The molecule has 0 fully saturated rings. The number of nitrogens with one attached hydrogen (secondary N) is 3. The highest BCUT2D eigenvalue weighted by Gasteiger charge is 2.06. The zero-order valence-electron chi connectivity index (χ0n) is 13.9. The molecule has 0 saturated carbocycles. The molecule has 0 heterocycles. The van der Waals surface area contributed by atoms with Crippen molar-refractivity contribution in [2.45, 2.75) is 0 Å². The first-order chi connectivity index (χ1) is 12.2. The Bertz CT molecular complexity index is 899. The molecule has 3 N–H and O–H groups in total. The zero-order valence-corrected chi connectivity index (χ0v) is 13.9. The van der Waals surface area contributed by atoms with E-state index in [2.05, 4.69) is 16.0 Å². The number of carbonyl (C=O) groups is 2. The van der Waals surface area contributed by atoms with Crippen LogP contribution in [-0.2, 0) is 4.79 Å². The second kappa shape index (κ2) is 7.49. The van der Waals surface area contributed by atoms with Gasteiger partial charge in [-0.1, -0.05) is 36.4 Å². The Morgan fingerprint density at radius 1 is 0.880 bits per heavy atom. The fourth-order valence-electron chi connectivity index (χ4n) is 2.59. The molecule has 0 saturated heterocycles. The maximum absolute atomic E-state index is 12.2. The van der Waals surface area contributed by atoms with Crippen LogP contribution in [-0.4, -0.2) is 25.4 Å². The van der Waals surface area contributed by atoms with Gasteiger partial charge in [-0.05, 0) is 35.7 Å². The third-order valence-electron chi connectivity index (χ3n) is 3.89. The van der Waals surface area contributed by atoms with Crippen molar-refractivity contribution < 1.29 is 9.59 Å². The van der Waals surface area contributed by atoms with E-state index >= 15 is 0 Å². The molecule has 0 spiro atoms. The monoisotopic (exact) mass is 333 g/mol. The first-order valence-electron chi connectivity index (χ1n) is 8.01. The molecule has 0 radical (unpaired) electrons. The van der Waals surface area contributed by atoms with Gasteiger partial charge in [-0.15, -0.1) is 0 Å². The van der Waals surface area contributed by atoms with Crippen LogP contribution in [0.3, 0.4) is 0 Å². The van der Waals surface area contributed by atoms with Gasteiger partial charge >= 0.3 is 0 Å². The summed E-state index contributed by atoms with van der Waals surface area (Å²) in [5.41, 5.74) is 2.15. The number of rotatable bonds is 5. The molecule has 0 unspecified atom stereocenters. The van der Waals surface area contributed by atoms with E-state index < -0.39 is 0 Å². The minimum Gasteiger partial charge on any atom is -0.376 e. The summed E-state index contributed by atoms with van der Waals surface area (Å²) in [6.07, 6.45) is 0. The highest BCUT2D eigenvalue weighted by atomic mass is 16.2. The number of benzene rings is 3. The van der Waals surface area contributed by atoms with Gasteiger partial charge < -0.3 is 16.0 Å². The van der Waals surface area contributed by atoms with Crippen molar-refractivity contribution in [2.24, 2.45) is 0 Å². The van der Waals surface area contributed by atoms with Crippen LogP contribution >= 0.6 is 0 Å². The Morgan fingerprint density at radius 3 is 2.36 bits per heavy atom. The van der Waals surface area contributed by atoms with Gasteiger partial charge in [-0.3, -0.25) is 9.59 Å². The molecule has 0 aliphatic heterocycles. The van der Waals surface area contributed by atoms with Gasteiger partial charge in [-0.25, -0.2) is 0 Å². The van der Waals surface area contributed by atoms with E-state index in [1.54, 1.807) is 31.3 Å². The van der Waals surface area contributed by atoms with Crippen molar-refractivity contribution in [1.29, 1.82) is 0 Å². The Hall–Kier alpha value is -3.34. The number of hydrogen-bond donors (Lipinski definition) is 3. The number of hydrogen-bond acceptors (Lipinski definition) is 3. The summed E-state index contributed by atoms with van der Waals surface area (Å²) in [7, 11) is 1.59. The standard InChI is InChI=1S/C20H19N3O2/c1-21-20(25)15-9-11-16(12-10-15)22-13-19(24)23-18-8-4-6-14-5-2-3-7-17(14)18/h2-12,22H,13H2,1H3,(H,21,25)(H,23,24). The van der Waals surface area contributed by atoms with Gasteiger partial charge in [0.15, 0.2) is 0 Å². The third kappa shape index (κ3) is 3.95. The molecular formula is C20H19N3O2. The van der Waals surface area contributed by atoms with Crippen LogP contribution in [0.5, 0.6) is 0 Å². The average molecular weight is 333 g/mol. The molecule has 3 aromatic rings. The number of carbonyl (C=O) groups excluding carboxylic acids is 2. The van der Waals surface area contributed by atoms with Crippen LogP contribution in [0.1, 0.15) is 10.4 Å². The van der Waals surface area contributed by atoms with Gasteiger partial charge in [0.05, 0.1) is 6.54 Å². The van der Waals surface area contributed by atoms with Crippen molar-refractivity contribution in [3.63, 3.8) is 0 Å². The summed E-state index contributed by atoms with van der Waals surface area (Å²) in [6, 6.07) is 20.7. The first-order valence-corrected chi connectivity index (χ1v) is 8.01. The molecule has 25 heavy (non-hydrogen) atoms. The van der Waals surface area contributed by atoms with E-state index in [0.717, 1.165) is 22.1 Å². The predicted octanol–water partition coefficient (Wildman–Crippen LogP) is 3.25.